The summed E-state index contributed by atoms with van der Waals surface area (Å²) in [6.45, 7) is 3.61. The Balaban J connectivity index is 1.67. The van der Waals surface area contributed by atoms with Gasteiger partial charge in [-0.25, -0.2) is 8.78 Å². The van der Waals surface area contributed by atoms with E-state index in [1.807, 2.05) is 11.9 Å². The van der Waals surface area contributed by atoms with Crippen LogP contribution in [-0.4, -0.2) is 63.0 Å². The number of aromatic nitrogens is 1. The van der Waals surface area contributed by atoms with Crippen molar-refractivity contribution in [2.75, 3.05) is 31.7 Å². The zero-order valence-electron chi connectivity index (χ0n) is 19.3. The molecule has 3 heterocycles. The van der Waals surface area contributed by atoms with Gasteiger partial charge in [-0.3, -0.25) is 30.1 Å². The molecule has 186 valence electrons. The Kier molecular flexibility index (Phi) is 6.69. The summed E-state index contributed by atoms with van der Waals surface area (Å²) in [6, 6.07) is 3.02. The quantitative estimate of drug-likeness (QED) is 0.374. The highest BCUT2D eigenvalue weighted by Gasteiger charge is 2.49. The lowest BCUT2D eigenvalue weighted by molar-refractivity contribution is 0.0176. The van der Waals surface area contributed by atoms with Crippen LogP contribution in [-0.2, 0) is 6.42 Å². The van der Waals surface area contributed by atoms with Gasteiger partial charge in [0.2, 0.25) is 5.43 Å². The van der Waals surface area contributed by atoms with E-state index >= 15 is 0 Å². The Hall–Kier alpha value is -3.25. The number of piperidine rings is 1. The zero-order chi connectivity index (χ0) is 25.5. The van der Waals surface area contributed by atoms with E-state index in [9.17, 15) is 23.5 Å². The number of hydrogen-bond acceptors (Lipinski definition) is 8. The minimum Gasteiger partial charge on any atom is -0.502 e. The molecule has 9 nitrogen and oxygen atoms in total. The van der Waals surface area contributed by atoms with Crippen molar-refractivity contribution in [3.05, 3.63) is 63.1 Å². The van der Waals surface area contributed by atoms with Gasteiger partial charge in [0.05, 0.1) is 10.6 Å². The molecule has 1 aromatic carbocycles. The van der Waals surface area contributed by atoms with Gasteiger partial charge >= 0.3 is 0 Å². The van der Waals surface area contributed by atoms with Crippen LogP contribution in [0.4, 0.5) is 8.78 Å². The number of nitrogens with zero attached hydrogens (tertiary/aromatic N) is 3. The molecule has 0 unspecified atom stereocenters. The molecule has 1 fully saturated rings. The predicted octanol–water partition coefficient (Wildman–Crippen LogP) is 2.23. The average Bonchev–Trinajstić information content (AvgIpc) is 2.82. The summed E-state index contributed by atoms with van der Waals surface area (Å²) in [5, 5.41) is 31.9. The topological polar surface area (TPSA) is 126 Å². The molecule has 0 radical (unpaired) electrons. The molecular formula is C23H26F2N6O3S. The molecule has 2 aliphatic heterocycles. The van der Waals surface area contributed by atoms with Crippen LogP contribution in [0.5, 0.6) is 5.75 Å². The maximum atomic E-state index is 14.0. The molecule has 4 N–H and O–H groups in total. The number of hydrogen-bond donors (Lipinski definition) is 4. The molecule has 0 saturated carbocycles. The largest absolute Gasteiger partial charge is 0.502 e. The van der Waals surface area contributed by atoms with Crippen molar-refractivity contribution in [3.8, 4) is 5.75 Å². The lowest BCUT2D eigenvalue weighted by Gasteiger charge is -2.56. The maximum absolute atomic E-state index is 14.0. The molecular weight excluding hydrogens is 478 g/mol. The average molecular weight is 505 g/mol. The van der Waals surface area contributed by atoms with Crippen molar-refractivity contribution in [2.24, 2.45) is 0 Å². The van der Waals surface area contributed by atoms with Crippen LogP contribution in [0, 0.1) is 22.5 Å². The predicted molar refractivity (Wildman–Crippen MR) is 130 cm³/mol. The van der Waals surface area contributed by atoms with Crippen LogP contribution in [0.3, 0.4) is 0 Å². The third-order valence-corrected chi connectivity index (χ3v) is 7.41. The standard InChI is InChI=1S/C23H26F2N6O3S/c1-3-30-22(34)18-20(33)19(32)15(12-31(18)29(2)23(30)6-8-28-9-7-23)21(27)35-17(26)10-13-4-5-14(24)11-16(13)25/h4-5,11-12,26-28,33H,3,6-10H2,1-2H3. The molecule has 1 saturated heterocycles. The fourth-order valence-corrected chi connectivity index (χ4v) is 5.52. The first-order valence-corrected chi connectivity index (χ1v) is 12.0. The summed E-state index contributed by atoms with van der Waals surface area (Å²) < 4.78 is 28.5. The Morgan fingerprint density at radius 1 is 1.23 bits per heavy atom. The number of pyridine rings is 1. The first kappa shape index (κ1) is 24.9. The van der Waals surface area contributed by atoms with Crippen LogP contribution in [0.2, 0.25) is 0 Å². The third-order valence-electron chi connectivity index (χ3n) is 6.60. The molecule has 1 aromatic heterocycles. The zero-order valence-corrected chi connectivity index (χ0v) is 20.1. The number of benzene rings is 1. The summed E-state index contributed by atoms with van der Waals surface area (Å²) in [6.07, 6.45) is 2.40. The van der Waals surface area contributed by atoms with Crippen molar-refractivity contribution in [2.45, 2.75) is 31.8 Å². The minimum atomic E-state index is -0.895. The van der Waals surface area contributed by atoms with E-state index in [0.29, 0.717) is 44.2 Å². The number of carbonyl (C=O) groups is 1. The van der Waals surface area contributed by atoms with Gasteiger partial charge in [0.1, 0.15) is 22.3 Å². The van der Waals surface area contributed by atoms with E-state index in [1.54, 1.807) is 11.9 Å². The summed E-state index contributed by atoms with van der Waals surface area (Å²) in [5.74, 6) is -2.76. The molecule has 0 bridgehead atoms. The Morgan fingerprint density at radius 2 is 1.91 bits per heavy atom. The number of nitrogens with one attached hydrogen (secondary N) is 3. The molecule has 1 spiro atoms. The van der Waals surface area contributed by atoms with E-state index < -0.39 is 34.4 Å². The van der Waals surface area contributed by atoms with Crippen molar-refractivity contribution in [1.82, 2.24) is 14.9 Å². The monoisotopic (exact) mass is 504 g/mol. The SMILES string of the molecule is CCN1C(=O)c2c(O)c(=O)c(C(=N)SC(=N)Cc3ccc(F)cc3F)cn2N(C)C12CCNCC2. The van der Waals surface area contributed by atoms with Gasteiger partial charge in [0.25, 0.3) is 5.91 Å². The van der Waals surface area contributed by atoms with E-state index in [0.717, 1.165) is 12.1 Å². The lowest BCUT2D eigenvalue weighted by atomic mass is 9.93. The normalized spacial score (nSPS) is 17.0. The van der Waals surface area contributed by atoms with Crippen LogP contribution in [0.25, 0.3) is 0 Å². The minimum absolute atomic E-state index is 0.0829. The van der Waals surface area contributed by atoms with Crippen molar-refractivity contribution >= 4 is 27.8 Å². The molecule has 12 heteroatoms. The summed E-state index contributed by atoms with van der Waals surface area (Å²) in [5.41, 5.74) is -1.83. The van der Waals surface area contributed by atoms with E-state index in [4.69, 9.17) is 10.8 Å². The third kappa shape index (κ3) is 4.20. The molecule has 0 aliphatic carbocycles. The highest BCUT2D eigenvalue weighted by atomic mass is 32.2. The smallest absolute Gasteiger partial charge is 0.278 e. The summed E-state index contributed by atoms with van der Waals surface area (Å²) >= 11 is 0.626. The van der Waals surface area contributed by atoms with E-state index in [1.165, 1.54) is 16.9 Å². The van der Waals surface area contributed by atoms with Crippen molar-refractivity contribution in [1.29, 1.82) is 10.8 Å². The van der Waals surface area contributed by atoms with Gasteiger partial charge in [0, 0.05) is 45.1 Å². The van der Waals surface area contributed by atoms with Gasteiger partial charge in [-0.15, -0.1) is 0 Å². The second-order valence-electron chi connectivity index (χ2n) is 8.49. The number of halogens is 2. The van der Waals surface area contributed by atoms with E-state index in [2.05, 4.69) is 5.32 Å². The fraction of sp³-hybridized carbons (Fsp3) is 0.391. The number of aromatic hydroxyl groups is 1. The molecule has 2 aromatic rings. The van der Waals surface area contributed by atoms with Gasteiger partial charge < -0.3 is 15.3 Å². The van der Waals surface area contributed by atoms with Gasteiger partial charge in [-0.05, 0) is 31.6 Å². The second-order valence-corrected chi connectivity index (χ2v) is 9.59. The fourth-order valence-electron chi connectivity index (χ4n) is 4.79. The van der Waals surface area contributed by atoms with Gasteiger partial charge in [-0.2, -0.15) is 0 Å². The number of rotatable bonds is 4. The molecule has 4 rings (SSSR count). The number of fused-ring (bicyclic) bond motifs is 1. The number of amides is 1. The Morgan fingerprint density at radius 3 is 2.54 bits per heavy atom. The molecule has 0 atom stereocenters. The Bertz CT molecular complexity index is 1270. The Labute approximate surface area is 204 Å². The molecule has 2 aliphatic rings. The molecule has 35 heavy (non-hydrogen) atoms. The number of thioether (sulfide) groups is 1. The first-order valence-electron chi connectivity index (χ1n) is 11.1. The van der Waals surface area contributed by atoms with Gasteiger partial charge in [-0.1, -0.05) is 17.8 Å². The van der Waals surface area contributed by atoms with Crippen molar-refractivity contribution < 1.29 is 18.7 Å². The highest BCUT2D eigenvalue weighted by molar-refractivity contribution is 8.26. The van der Waals surface area contributed by atoms with Gasteiger partial charge in [0.15, 0.2) is 11.4 Å². The summed E-state index contributed by atoms with van der Waals surface area (Å²) in [7, 11) is 1.77. The van der Waals surface area contributed by atoms with Crippen LogP contribution in [0.15, 0.2) is 29.2 Å². The van der Waals surface area contributed by atoms with E-state index in [-0.39, 0.29) is 33.3 Å². The van der Waals surface area contributed by atoms with Crippen molar-refractivity contribution in [3.63, 3.8) is 0 Å². The van der Waals surface area contributed by atoms with Crippen LogP contribution in [0.1, 0.15) is 41.4 Å². The van der Waals surface area contributed by atoms with Crippen LogP contribution < -0.4 is 15.8 Å². The second kappa shape index (κ2) is 9.42. The number of carbonyl (C=O) groups excluding carboxylic acids is 1. The van der Waals surface area contributed by atoms with Crippen LogP contribution >= 0.6 is 11.8 Å². The first-order chi connectivity index (χ1) is 16.6. The highest BCUT2D eigenvalue weighted by Crippen LogP contribution is 2.36. The molecule has 1 amide bonds. The summed E-state index contributed by atoms with van der Waals surface area (Å²) in [4.78, 5) is 28.0. The maximum Gasteiger partial charge on any atom is 0.278 e. The lowest BCUT2D eigenvalue weighted by Crippen LogP contribution is -2.71.